The first-order chi connectivity index (χ1) is 5.16. The van der Waals surface area contributed by atoms with Gasteiger partial charge >= 0.3 is 0 Å². The van der Waals surface area contributed by atoms with E-state index in [0.29, 0.717) is 5.41 Å². The summed E-state index contributed by atoms with van der Waals surface area (Å²) in [5, 5.41) is 0. The molecule has 2 N–H and O–H groups in total. The second-order valence-corrected chi connectivity index (χ2v) is 4.93. The number of rotatable bonds is 1. The van der Waals surface area contributed by atoms with Crippen molar-refractivity contribution in [2.45, 2.75) is 33.1 Å². The molecule has 2 rings (SSSR count). The summed E-state index contributed by atoms with van der Waals surface area (Å²) < 4.78 is 0. The third-order valence-corrected chi connectivity index (χ3v) is 4.30. The average molecular weight is 153 g/mol. The molecule has 0 heterocycles. The molecule has 0 radical (unpaired) electrons. The van der Waals surface area contributed by atoms with Crippen molar-refractivity contribution < 1.29 is 0 Å². The lowest BCUT2D eigenvalue weighted by Gasteiger charge is -2.37. The van der Waals surface area contributed by atoms with Crippen LogP contribution in [0.5, 0.6) is 0 Å². The molecule has 1 nitrogen and oxygen atoms in total. The Hall–Kier alpha value is -0.0400. The van der Waals surface area contributed by atoms with E-state index >= 15 is 0 Å². The number of fused-ring (bicyclic) bond motifs is 2. The van der Waals surface area contributed by atoms with Gasteiger partial charge in [0.25, 0.3) is 0 Å². The van der Waals surface area contributed by atoms with Crippen molar-refractivity contribution in [1.29, 1.82) is 0 Å². The van der Waals surface area contributed by atoms with Gasteiger partial charge in [-0.05, 0) is 49.0 Å². The standard InChI is InChI=1S/C10H19N/c1-10(2)8-4-3-7(5-8)9(10)6-11/h7-9H,3-6,11H2,1-2H3/t7-,8+,9-/m1/s1. The van der Waals surface area contributed by atoms with Crippen LogP contribution < -0.4 is 5.73 Å². The highest BCUT2D eigenvalue weighted by molar-refractivity contribution is 5.01. The molecule has 0 saturated heterocycles. The molecular weight excluding hydrogens is 134 g/mol. The Labute approximate surface area is 69.4 Å². The topological polar surface area (TPSA) is 26.0 Å². The van der Waals surface area contributed by atoms with Crippen LogP contribution in [-0.2, 0) is 0 Å². The van der Waals surface area contributed by atoms with E-state index in [0.717, 1.165) is 24.3 Å². The molecule has 0 aliphatic heterocycles. The second-order valence-electron chi connectivity index (χ2n) is 4.93. The van der Waals surface area contributed by atoms with Crippen LogP contribution >= 0.6 is 0 Å². The molecule has 0 aromatic heterocycles. The third kappa shape index (κ3) is 0.868. The van der Waals surface area contributed by atoms with Crippen molar-refractivity contribution in [1.82, 2.24) is 0 Å². The molecule has 0 aromatic carbocycles. The zero-order valence-electron chi connectivity index (χ0n) is 7.64. The summed E-state index contributed by atoms with van der Waals surface area (Å²) in [4.78, 5) is 0. The lowest BCUT2D eigenvalue weighted by molar-refractivity contribution is 0.129. The normalized spacial score (nSPS) is 46.6. The molecule has 0 aromatic rings. The van der Waals surface area contributed by atoms with Gasteiger partial charge in [-0.3, -0.25) is 0 Å². The largest absolute Gasteiger partial charge is 0.330 e. The maximum absolute atomic E-state index is 5.80. The fraction of sp³-hybridized carbons (Fsp3) is 1.00. The smallest absolute Gasteiger partial charge is 0.00410 e. The Morgan fingerprint density at radius 2 is 2.09 bits per heavy atom. The minimum Gasteiger partial charge on any atom is -0.330 e. The van der Waals surface area contributed by atoms with Crippen molar-refractivity contribution in [2.75, 3.05) is 6.54 Å². The van der Waals surface area contributed by atoms with Crippen LogP contribution in [0.1, 0.15) is 33.1 Å². The number of hydrogen-bond acceptors (Lipinski definition) is 1. The molecule has 0 amide bonds. The van der Waals surface area contributed by atoms with Gasteiger partial charge in [0, 0.05) is 0 Å². The predicted molar refractivity (Wildman–Crippen MR) is 47.2 cm³/mol. The van der Waals surface area contributed by atoms with E-state index in [1.165, 1.54) is 19.3 Å². The summed E-state index contributed by atoms with van der Waals surface area (Å²) in [6.45, 7) is 5.73. The SMILES string of the molecule is CC1(C)[C@H]2CC[C@H](C2)[C@H]1CN. The number of nitrogens with two attached hydrogens (primary N) is 1. The summed E-state index contributed by atoms with van der Waals surface area (Å²) >= 11 is 0. The van der Waals surface area contributed by atoms with Gasteiger partial charge in [0.15, 0.2) is 0 Å². The summed E-state index contributed by atoms with van der Waals surface area (Å²) in [7, 11) is 0. The molecule has 64 valence electrons. The average Bonchev–Trinajstić information content (AvgIpc) is 2.44. The maximum atomic E-state index is 5.80. The molecule has 11 heavy (non-hydrogen) atoms. The van der Waals surface area contributed by atoms with Crippen LogP contribution in [0, 0.1) is 23.2 Å². The van der Waals surface area contributed by atoms with Gasteiger partial charge in [-0.25, -0.2) is 0 Å². The predicted octanol–water partition coefficient (Wildman–Crippen LogP) is 2.02. The van der Waals surface area contributed by atoms with Gasteiger partial charge in [-0.1, -0.05) is 13.8 Å². The molecule has 2 bridgehead atoms. The van der Waals surface area contributed by atoms with Crippen LogP contribution in [0.2, 0.25) is 0 Å². The van der Waals surface area contributed by atoms with Crippen LogP contribution in [0.3, 0.4) is 0 Å². The van der Waals surface area contributed by atoms with Crippen molar-refractivity contribution in [2.24, 2.45) is 28.9 Å². The molecule has 0 spiro atoms. The molecule has 1 heteroatoms. The minimum absolute atomic E-state index is 0.553. The maximum Gasteiger partial charge on any atom is -0.00410 e. The fourth-order valence-corrected chi connectivity index (χ4v) is 3.46. The quantitative estimate of drug-likeness (QED) is 0.612. The van der Waals surface area contributed by atoms with Gasteiger partial charge in [-0.2, -0.15) is 0 Å². The lowest BCUT2D eigenvalue weighted by Crippen LogP contribution is -2.35. The Morgan fingerprint density at radius 1 is 1.36 bits per heavy atom. The summed E-state index contributed by atoms with van der Waals surface area (Å²) in [6, 6.07) is 0. The van der Waals surface area contributed by atoms with Gasteiger partial charge in [0.2, 0.25) is 0 Å². The van der Waals surface area contributed by atoms with E-state index in [-0.39, 0.29) is 0 Å². The Balaban J connectivity index is 2.21. The van der Waals surface area contributed by atoms with E-state index in [2.05, 4.69) is 13.8 Å². The lowest BCUT2D eigenvalue weighted by atomic mass is 9.69. The molecule has 2 aliphatic carbocycles. The highest BCUT2D eigenvalue weighted by atomic mass is 14.7. The monoisotopic (exact) mass is 153 g/mol. The van der Waals surface area contributed by atoms with Gasteiger partial charge in [-0.15, -0.1) is 0 Å². The van der Waals surface area contributed by atoms with Crippen molar-refractivity contribution in [3.8, 4) is 0 Å². The Kier molecular flexibility index (Phi) is 1.54. The van der Waals surface area contributed by atoms with Gasteiger partial charge in [0.05, 0.1) is 0 Å². The molecule has 3 atom stereocenters. The van der Waals surface area contributed by atoms with Crippen molar-refractivity contribution >= 4 is 0 Å². The van der Waals surface area contributed by atoms with E-state index in [1.54, 1.807) is 0 Å². The summed E-state index contributed by atoms with van der Waals surface area (Å²) in [6.07, 6.45) is 4.39. The van der Waals surface area contributed by atoms with Gasteiger partial charge < -0.3 is 5.73 Å². The van der Waals surface area contributed by atoms with Gasteiger partial charge in [0.1, 0.15) is 0 Å². The van der Waals surface area contributed by atoms with Crippen LogP contribution in [0.25, 0.3) is 0 Å². The van der Waals surface area contributed by atoms with E-state index in [1.807, 2.05) is 0 Å². The summed E-state index contributed by atoms with van der Waals surface area (Å²) in [5.41, 5.74) is 6.35. The Bertz CT molecular complexity index is 162. The highest BCUT2D eigenvalue weighted by Crippen LogP contribution is 2.58. The zero-order chi connectivity index (χ0) is 8.06. The first-order valence-corrected chi connectivity index (χ1v) is 4.86. The molecule has 0 unspecified atom stereocenters. The highest BCUT2D eigenvalue weighted by Gasteiger charge is 2.51. The zero-order valence-corrected chi connectivity index (χ0v) is 7.64. The van der Waals surface area contributed by atoms with Crippen LogP contribution in [0.15, 0.2) is 0 Å². The molecule has 2 saturated carbocycles. The van der Waals surface area contributed by atoms with Crippen LogP contribution in [0.4, 0.5) is 0 Å². The van der Waals surface area contributed by atoms with Crippen molar-refractivity contribution in [3.05, 3.63) is 0 Å². The van der Waals surface area contributed by atoms with Crippen LogP contribution in [-0.4, -0.2) is 6.54 Å². The number of hydrogen-bond donors (Lipinski definition) is 1. The molecular formula is C10H19N. The van der Waals surface area contributed by atoms with E-state index in [4.69, 9.17) is 5.73 Å². The third-order valence-electron chi connectivity index (χ3n) is 4.30. The van der Waals surface area contributed by atoms with Crippen molar-refractivity contribution in [3.63, 3.8) is 0 Å². The first kappa shape index (κ1) is 7.60. The molecule has 2 fully saturated rings. The Morgan fingerprint density at radius 3 is 2.45 bits per heavy atom. The first-order valence-electron chi connectivity index (χ1n) is 4.86. The van der Waals surface area contributed by atoms with E-state index in [9.17, 15) is 0 Å². The fourth-order valence-electron chi connectivity index (χ4n) is 3.46. The second kappa shape index (κ2) is 2.22. The molecule has 2 aliphatic rings. The minimum atomic E-state index is 0.553. The van der Waals surface area contributed by atoms with E-state index < -0.39 is 0 Å². The summed E-state index contributed by atoms with van der Waals surface area (Å²) in [5.74, 6) is 2.78.